The fraction of sp³-hybridized carbons (Fsp3) is 0.556. The number of hydrogen-bond acceptors (Lipinski definition) is 6. The molecule has 1 aliphatic heterocycles. The van der Waals surface area contributed by atoms with Crippen LogP contribution in [0.2, 0.25) is 0 Å². The molecule has 0 N–H and O–H groups in total. The van der Waals surface area contributed by atoms with E-state index in [1.54, 1.807) is 17.7 Å². The Morgan fingerprint density at radius 3 is 3.08 bits per heavy atom. The van der Waals surface area contributed by atoms with E-state index in [0.717, 1.165) is 54.4 Å². The van der Waals surface area contributed by atoms with Crippen LogP contribution in [0.25, 0.3) is 15.9 Å². The van der Waals surface area contributed by atoms with Crippen molar-refractivity contribution in [3.8, 4) is 0 Å². The van der Waals surface area contributed by atoms with Crippen molar-refractivity contribution < 1.29 is 4.79 Å². The quantitative estimate of drug-likeness (QED) is 0.510. The highest BCUT2D eigenvalue weighted by atomic mass is 32.2. The zero-order valence-electron chi connectivity index (χ0n) is 14.8. The van der Waals surface area contributed by atoms with Gasteiger partial charge in [-0.2, -0.15) is 9.61 Å². The maximum absolute atomic E-state index is 12.4. The van der Waals surface area contributed by atoms with Gasteiger partial charge in [0.05, 0.1) is 11.1 Å². The van der Waals surface area contributed by atoms with Gasteiger partial charge >= 0.3 is 0 Å². The summed E-state index contributed by atoms with van der Waals surface area (Å²) in [5, 5.41) is 6.33. The maximum Gasteiger partial charge on any atom is 0.233 e. The lowest BCUT2D eigenvalue weighted by molar-refractivity contribution is -0.127. The van der Waals surface area contributed by atoms with Crippen molar-refractivity contribution >= 4 is 44.9 Å². The molecule has 2 aliphatic rings. The normalized spacial score (nSPS) is 20.2. The molecule has 6 nitrogen and oxygen atoms in total. The molecule has 26 heavy (non-hydrogen) atoms. The number of thioether (sulfide) groups is 1. The summed E-state index contributed by atoms with van der Waals surface area (Å²) in [6.45, 7) is 4.09. The van der Waals surface area contributed by atoms with Crippen LogP contribution in [0, 0.1) is 5.92 Å². The summed E-state index contributed by atoms with van der Waals surface area (Å²) in [5.74, 6) is 1.31. The summed E-state index contributed by atoms with van der Waals surface area (Å²) in [6.07, 6.45) is 7.31. The van der Waals surface area contributed by atoms with Gasteiger partial charge in [0.25, 0.3) is 0 Å². The Morgan fingerprint density at radius 2 is 2.23 bits per heavy atom. The monoisotopic (exact) mass is 387 g/mol. The molecule has 1 amide bonds. The van der Waals surface area contributed by atoms with Crippen molar-refractivity contribution in [2.45, 2.75) is 44.2 Å². The fourth-order valence-electron chi connectivity index (χ4n) is 4.02. The molecule has 0 spiro atoms. The van der Waals surface area contributed by atoms with Crippen LogP contribution in [0.3, 0.4) is 0 Å². The van der Waals surface area contributed by atoms with Crippen molar-refractivity contribution in [3.63, 3.8) is 0 Å². The van der Waals surface area contributed by atoms with E-state index in [1.807, 2.05) is 9.42 Å². The van der Waals surface area contributed by atoms with Crippen LogP contribution >= 0.6 is 23.1 Å². The molecular weight excluding hydrogens is 366 g/mol. The van der Waals surface area contributed by atoms with E-state index in [0.29, 0.717) is 11.7 Å². The summed E-state index contributed by atoms with van der Waals surface area (Å²) in [6, 6.07) is 0. The number of carbonyl (C=O) groups is 1. The molecule has 0 saturated carbocycles. The Balaban J connectivity index is 1.51. The topological polar surface area (TPSA) is 63.4 Å². The molecule has 3 aromatic rings. The Morgan fingerprint density at radius 1 is 1.38 bits per heavy atom. The van der Waals surface area contributed by atoms with E-state index in [1.165, 1.54) is 34.0 Å². The number of fused-ring (bicyclic) bond motifs is 5. The molecule has 0 radical (unpaired) electrons. The van der Waals surface area contributed by atoms with Crippen LogP contribution < -0.4 is 0 Å². The number of thiophene rings is 1. The third kappa shape index (κ3) is 2.70. The molecule has 3 aromatic heterocycles. The number of aromatic nitrogens is 4. The number of amides is 1. The highest BCUT2D eigenvalue weighted by Gasteiger charge is 2.25. The number of carbonyl (C=O) groups excluding carboxylic acids is 1. The zero-order valence-corrected chi connectivity index (χ0v) is 16.4. The van der Waals surface area contributed by atoms with Gasteiger partial charge in [-0.05, 0) is 43.6 Å². The molecule has 4 heterocycles. The lowest BCUT2D eigenvalue weighted by atomic mass is 9.89. The largest absolute Gasteiger partial charge is 0.342 e. The van der Waals surface area contributed by atoms with Crippen molar-refractivity contribution in [2.75, 3.05) is 18.8 Å². The molecule has 8 heteroatoms. The van der Waals surface area contributed by atoms with Gasteiger partial charge in [0.2, 0.25) is 5.91 Å². The summed E-state index contributed by atoms with van der Waals surface area (Å²) >= 11 is 3.27. The average Bonchev–Trinajstić information content (AvgIpc) is 3.36. The summed E-state index contributed by atoms with van der Waals surface area (Å²) < 4.78 is 1.82. The fourth-order valence-corrected chi connectivity index (χ4v) is 6.13. The zero-order chi connectivity index (χ0) is 17.7. The predicted octanol–water partition coefficient (Wildman–Crippen LogP) is 3.18. The molecule has 0 aromatic carbocycles. The molecular formula is C18H21N5OS2. The highest BCUT2D eigenvalue weighted by Crippen LogP contribution is 2.39. The van der Waals surface area contributed by atoms with E-state index in [9.17, 15) is 4.79 Å². The van der Waals surface area contributed by atoms with E-state index in [4.69, 9.17) is 4.98 Å². The van der Waals surface area contributed by atoms with Gasteiger partial charge in [0, 0.05) is 18.0 Å². The number of aryl methyl sites for hydroxylation is 1. The smallest absolute Gasteiger partial charge is 0.233 e. The van der Waals surface area contributed by atoms with Crippen molar-refractivity contribution in [3.05, 3.63) is 16.8 Å². The highest BCUT2D eigenvalue weighted by molar-refractivity contribution is 7.99. The van der Waals surface area contributed by atoms with Crippen LogP contribution in [0.1, 0.15) is 36.6 Å². The maximum atomic E-state index is 12.4. The number of hydrogen-bond donors (Lipinski definition) is 0. The molecule has 5 rings (SSSR count). The molecule has 0 bridgehead atoms. The van der Waals surface area contributed by atoms with Gasteiger partial charge in [0.1, 0.15) is 11.2 Å². The first-order valence-electron chi connectivity index (χ1n) is 9.25. The summed E-state index contributed by atoms with van der Waals surface area (Å²) in [5.41, 5.74) is 2.30. The second kappa shape index (κ2) is 6.49. The Hall–Kier alpha value is -1.67. The van der Waals surface area contributed by atoms with Crippen molar-refractivity contribution in [2.24, 2.45) is 5.92 Å². The summed E-state index contributed by atoms with van der Waals surface area (Å²) in [4.78, 5) is 26.2. The van der Waals surface area contributed by atoms with Crippen LogP contribution in [0.4, 0.5) is 0 Å². The van der Waals surface area contributed by atoms with Gasteiger partial charge < -0.3 is 4.90 Å². The molecule has 0 unspecified atom stereocenters. The van der Waals surface area contributed by atoms with Gasteiger partial charge in [-0.3, -0.25) is 4.79 Å². The molecule has 1 atom stereocenters. The minimum Gasteiger partial charge on any atom is -0.342 e. The van der Waals surface area contributed by atoms with E-state index in [2.05, 4.69) is 17.0 Å². The van der Waals surface area contributed by atoms with Crippen LogP contribution in [0.15, 0.2) is 11.5 Å². The third-order valence-electron chi connectivity index (χ3n) is 5.42. The molecule has 1 fully saturated rings. The molecule has 1 saturated heterocycles. The summed E-state index contributed by atoms with van der Waals surface area (Å²) in [7, 11) is 0. The lowest BCUT2D eigenvalue weighted by Crippen LogP contribution is -2.29. The average molecular weight is 388 g/mol. The number of likely N-dealkylation sites (tertiary alicyclic amines) is 1. The van der Waals surface area contributed by atoms with Crippen LogP contribution in [0.5, 0.6) is 0 Å². The van der Waals surface area contributed by atoms with Crippen molar-refractivity contribution in [1.82, 2.24) is 24.5 Å². The number of rotatable bonds is 3. The second-order valence-corrected chi connectivity index (χ2v) is 9.32. The Kier molecular flexibility index (Phi) is 4.12. The van der Waals surface area contributed by atoms with E-state index < -0.39 is 0 Å². The van der Waals surface area contributed by atoms with Gasteiger partial charge in [-0.15, -0.1) is 11.3 Å². The third-order valence-corrected chi connectivity index (χ3v) is 7.52. The van der Waals surface area contributed by atoms with Gasteiger partial charge in [0.15, 0.2) is 10.8 Å². The predicted molar refractivity (Wildman–Crippen MR) is 104 cm³/mol. The minimum atomic E-state index is 0.196. The van der Waals surface area contributed by atoms with Crippen LogP contribution in [-0.2, 0) is 17.6 Å². The van der Waals surface area contributed by atoms with E-state index in [-0.39, 0.29) is 5.91 Å². The van der Waals surface area contributed by atoms with E-state index >= 15 is 0 Å². The second-order valence-electron chi connectivity index (χ2n) is 7.30. The molecule has 1 aliphatic carbocycles. The number of nitrogens with zero attached hydrogens (tertiary/aromatic N) is 5. The first-order chi connectivity index (χ1) is 12.7. The Labute approximate surface area is 160 Å². The van der Waals surface area contributed by atoms with Gasteiger partial charge in [-0.25, -0.2) is 9.97 Å². The molecule has 136 valence electrons. The lowest BCUT2D eigenvalue weighted by Gasteiger charge is -2.18. The first kappa shape index (κ1) is 16.5. The standard InChI is InChI=1S/C18H21N5OS2/c1-11-4-5-13-12(8-11)15-16-19-10-20-23(16)18(21-17(15)26-13)25-9-14(24)22-6-2-3-7-22/h10-11H,2-9H2,1H3/t11-/m0/s1. The van der Waals surface area contributed by atoms with Crippen LogP contribution in [-0.4, -0.2) is 49.2 Å². The SMILES string of the molecule is C[C@H]1CCc2sc3nc(SCC(=O)N4CCCC4)n4ncnc4c3c2C1. The van der Waals surface area contributed by atoms with Crippen molar-refractivity contribution in [1.29, 1.82) is 0 Å². The Bertz CT molecular complexity index is 988. The van der Waals surface area contributed by atoms with Gasteiger partial charge in [-0.1, -0.05) is 18.7 Å². The first-order valence-corrected chi connectivity index (χ1v) is 11.1. The minimum absolute atomic E-state index is 0.196.